The second-order valence-corrected chi connectivity index (χ2v) is 7.76. The predicted octanol–water partition coefficient (Wildman–Crippen LogP) is 1.36. The van der Waals surface area contributed by atoms with E-state index in [4.69, 9.17) is 9.47 Å². The fourth-order valence-electron chi connectivity index (χ4n) is 2.48. The maximum atomic E-state index is 12.7. The first-order chi connectivity index (χ1) is 15.0. The molecule has 3 amide bonds. The second kappa shape index (κ2) is 13.1. The van der Waals surface area contributed by atoms with Crippen LogP contribution in [0, 0.1) is 0 Å². The first-order valence-corrected chi connectivity index (χ1v) is 10.1. The maximum Gasteiger partial charge on any atom is 0.408 e. The lowest BCUT2D eigenvalue weighted by Crippen LogP contribution is -2.57. The standard InChI is InChI=1S/C22H31N3O7/c1-5-9-16(26)23-12-13-24-19(27)17(25-21(30)32-22(2,3)4)18(20(28)29)31-14-15-10-7-6-8-11-15/h5-11,17-18H,12-14H2,1-4H3,(H,23,26)(H,24,27)(H,25,30)(H,28,29)/t17-,18?/m0/s1. The Morgan fingerprint density at radius 2 is 1.69 bits per heavy atom. The molecule has 10 nitrogen and oxygen atoms in total. The van der Waals surface area contributed by atoms with Crippen molar-refractivity contribution in [3.8, 4) is 0 Å². The fraction of sp³-hybridized carbons (Fsp3) is 0.455. The monoisotopic (exact) mass is 449 g/mol. The van der Waals surface area contributed by atoms with Gasteiger partial charge in [-0.1, -0.05) is 36.4 Å². The van der Waals surface area contributed by atoms with Crippen LogP contribution >= 0.6 is 0 Å². The fourth-order valence-corrected chi connectivity index (χ4v) is 2.48. The molecule has 0 aliphatic carbocycles. The van der Waals surface area contributed by atoms with Gasteiger partial charge in [0.25, 0.3) is 0 Å². The summed E-state index contributed by atoms with van der Waals surface area (Å²) < 4.78 is 10.6. The zero-order chi connectivity index (χ0) is 24.1. The van der Waals surface area contributed by atoms with Gasteiger partial charge in [-0.3, -0.25) is 9.59 Å². The van der Waals surface area contributed by atoms with E-state index in [1.54, 1.807) is 64.1 Å². The molecule has 0 fully saturated rings. The molecule has 0 saturated carbocycles. The molecular formula is C22H31N3O7. The van der Waals surface area contributed by atoms with Crippen LogP contribution in [-0.2, 0) is 30.5 Å². The highest BCUT2D eigenvalue weighted by Gasteiger charge is 2.37. The van der Waals surface area contributed by atoms with Gasteiger partial charge in [-0.15, -0.1) is 0 Å². The van der Waals surface area contributed by atoms with Crippen LogP contribution in [0.1, 0.15) is 33.3 Å². The molecule has 10 heteroatoms. The molecule has 1 aromatic rings. The number of hydrogen-bond donors (Lipinski definition) is 4. The third-order valence-corrected chi connectivity index (χ3v) is 3.81. The average Bonchev–Trinajstić information content (AvgIpc) is 2.69. The molecule has 0 aliphatic heterocycles. The number of hydrogen-bond acceptors (Lipinski definition) is 6. The van der Waals surface area contributed by atoms with Crippen LogP contribution in [0.4, 0.5) is 4.79 Å². The second-order valence-electron chi connectivity index (χ2n) is 7.76. The number of nitrogens with one attached hydrogen (secondary N) is 3. The number of benzene rings is 1. The molecule has 0 spiro atoms. The summed E-state index contributed by atoms with van der Waals surface area (Å²) in [5.74, 6) is -2.56. The molecule has 1 rings (SSSR count). The van der Waals surface area contributed by atoms with Gasteiger partial charge >= 0.3 is 12.1 Å². The van der Waals surface area contributed by atoms with Crippen LogP contribution < -0.4 is 16.0 Å². The molecule has 1 aromatic carbocycles. The maximum absolute atomic E-state index is 12.7. The summed E-state index contributed by atoms with van der Waals surface area (Å²) in [6, 6.07) is 7.23. The summed E-state index contributed by atoms with van der Waals surface area (Å²) in [5, 5.41) is 17.0. The van der Waals surface area contributed by atoms with E-state index in [0.717, 1.165) is 0 Å². The predicted molar refractivity (Wildman–Crippen MR) is 117 cm³/mol. The number of aliphatic carboxylic acids is 1. The van der Waals surface area contributed by atoms with E-state index in [1.807, 2.05) is 0 Å². The molecule has 4 N–H and O–H groups in total. The number of carbonyl (C=O) groups excluding carboxylic acids is 3. The van der Waals surface area contributed by atoms with Crippen molar-refractivity contribution in [2.75, 3.05) is 13.1 Å². The summed E-state index contributed by atoms with van der Waals surface area (Å²) in [5.41, 5.74) is -0.159. The van der Waals surface area contributed by atoms with E-state index in [9.17, 15) is 24.3 Å². The molecule has 0 bridgehead atoms. The Morgan fingerprint density at radius 3 is 2.25 bits per heavy atom. The van der Waals surface area contributed by atoms with E-state index in [2.05, 4.69) is 16.0 Å². The summed E-state index contributed by atoms with van der Waals surface area (Å²) >= 11 is 0. The minimum atomic E-state index is -1.68. The first kappa shape index (κ1) is 26.6. The Labute approximate surface area is 187 Å². The summed E-state index contributed by atoms with van der Waals surface area (Å²) in [7, 11) is 0. The SMILES string of the molecule is CC=CC(=O)NCCNC(=O)[C@@H](NC(=O)OC(C)(C)C)C(OCc1ccccc1)C(=O)O. The lowest BCUT2D eigenvalue weighted by Gasteiger charge is -2.26. The largest absolute Gasteiger partial charge is 0.479 e. The van der Waals surface area contributed by atoms with Crippen molar-refractivity contribution in [1.82, 2.24) is 16.0 Å². The Bertz CT molecular complexity index is 803. The van der Waals surface area contributed by atoms with Crippen molar-refractivity contribution in [1.29, 1.82) is 0 Å². The molecule has 2 atom stereocenters. The van der Waals surface area contributed by atoms with Crippen molar-refractivity contribution in [2.24, 2.45) is 0 Å². The van der Waals surface area contributed by atoms with Gasteiger partial charge in [0.15, 0.2) is 6.10 Å². The van der Waals surface area contributed by atoms with E-state index < -0.39 is 35.7 Å². The number of ether oxygens (including phenoxy) is 2. The van der Waals surface area contributed by atoms with Gasteiger partial charge in [0, 0.05) is 13.1 Å². The van der Waals surface area contributed by atoms with Crippen molar-refractivity contribution in [3.63, 3.8) is 0 Å². The number of allylic oxidation sites excluding steroid dienone is 1. The van der Waals surface area contributed by atoms with Crippen LogP contribution in [0.3, 0.4) is 0 Å². The minimum absolute atomic E-state index is 0.0135. The van der Waals surface area contributed by atoms with Crippen molar-refractivity contribution in [3.05, 3.63) is 48.0 Å². The van der Waals surface area contributed by atoms with Gasteiger partial charge in [0.2, 0.25) is 11.8 Å². The van der Waals surface area contributed by atoms with Gasteiger partial charge in [-0.25, -0.2) is 9.59 Å². The first-order valence-electron chi connectivity index (χ1n) is 10.1. The number of carboxylic acids is 1. The smallest absolute Gasteiger partial charge is 0.408 e. The highest BCUT2D eigenvalue weighted by Crippen LogP contribution is 2.11. The molecule has 176 valence electrons. The molecule has 0 saturated heterocycles. The molecule has 32 heavy (non-hydrogen) atoms. The van der Waals surface area contributed by atoms with Gasteiger partial charge in [0.1, 0.15) is 11.6 Å². The Kier molecular flexibility index (Phi) is 10.9. The number of amides is 3. The number of alkyl carbamates (subject to hydrolysis) is 1. The lowest BCUT2D eigenvalue weighted by molar-refractivity contribution is -0.156. The number of carbonyl (C=O) groups is 4. The van der Waals surface area contributed by atoms with E-state index in [1.165, 1.54) is 6.08 Å². The Morgan fingerprint density at radius 1 is 1.06 bits per heavy atom. The van der Waals surface area contributed by atoms with Gasteiger partial charge in [-0.05, 0) is 39.3 Å². The van der Waals surface area contributed by atoms with Crippen LogP contribution in [0.5, 0.6) is 0 Å². The zero-order valence-electron chi connectivity index (χ0n) is 18.7. The Hall–Kier alpha value is -3.40. The Balaban J connectivity index is 2.89. The number of rotatable bonds is 11. The van der Waals surface area contributed by atoms with Crippen LogP contribution in [0.15, 0.2) is 42.5 Å². The van der Waals surface area contributed by atoms with Crippen molar-refractivity contribution in [2.45, 2.75) is 52.0 Å². The highest BCUT2D eigenvalue weighted by atomic mass is 16.6. The highest BCUT2D eigenvalue weighted by molar-refractivity contribution is 5.92. The van der Waals surface area contributed by atoms with Gasteiger partial charge in [0.05, 0.1) is 6.61 Å². The molecule has 1 unspecified atom stereocenters. The summed E-state index contributed by atoms with van der Waals surface area (Å²) in [6.07, 6.45) is 0.247. The molecule has 0 aromatic heterocycles. The van der Waals surface area contributed by atoms with Gasteiger partial charge < -0.3 is 30.5 Å². The minimum Gasteiger partial charge on any atom is -0.479 e. The average molecular weight is 450 g/mol. The lowest BCUT2D eigenvalue weighted by atomic mass is 10.1. The summed E-state index contributed by atoms with van der Waals surface area (Å²) in [4.78, 5) is 48.3. The third-order valence-electron chi connectivity index (χ3n) is 3.81. The van der Waals surface area contributed by atoms with Crippen molar-refractivity contribution >= 4 is 23.9 Å². The number of carboxylic acid groups (broad SMARTS) is 1. The molecule has 0 heterocycles. The van der Waals surface area contributed by atoms with E-state index in [-0.39, 0.29) is 25.6 Å². The van der Waals surface area contributed by atoms with Crippen LogP contribution in [0.25, 0.3) is 0 Å². The van der Waals surface area contributed by atoms with Crippen molar-refractivity contribution < 1.29 is 33.8 Å². The molecular weight excluding hydrogens is 418 g/mol. The zero-order valence-corrected chi connectivity index (χ0v) is 18.7. The third kappa shape index (κ3) is 10.6. The van der Waals surface area contributed by atoms with Crippen LogP contribution in [0.2, 0.25) is 0 Å². The quantitative estimate of drug-likeness (QED) is 0.295. The topological polar surface area (TPSA) is 143 Å². The molecule has 0 aliphatic rings. The van der Waals surface area contributed by atoms with Gasteiger partial charge in [-0.2, -0.15) is 0 Å². The van der Waals surface area contributed by atoms with E-state index in [0.29, 0.717) is 5.56 Å². The normalized spacial score (nSPS) is 13.1. The van der Waals surface area contributed by atoms with Crippen LogP contribution in [-0.4, -0.2) is 59.8 Å². The summed E-state index contributed by atoms with van der Waals surface area (Å²) in [6.45, 7) is 6.63. The molecule has 0 radical (unpaired) electrons. The van der Waals surface area contributed by atoms with E-state index >= 15 is 0 Å².